The lowest BCUT2D eigenvalue weighted by Crippen LogP contribution is -2.09. The average Bonchev–Trinajstić information content (AvgIpc) is 2.64. The first-order valence-electron chi connectivity index (χ1n) is 8.48. The van der Waals surface area contributed by atoms with Gasteiger partial charge in [0.25, 0.3) is 0 Å². The fourth-order valence-corrected chi connectivity index (χ4v) is 2.73. The van der Waals surface area contributed by atoms with Crippen LogP contribution in [0.1, 0.15) is 29.3 Å². The van der Waals surface area contributed by atoms with Crippen LogP contribution >= 0.6 is 0 Å². The van der Waals surface area contributed by atoms with Crippen molar-refractivity contribution in [2.24, 2.45) is 0 Å². The van der Waals surface area contributed by atoms with Gasteiger partial charge in [-0.3, -0.25) is 0 Å². The number of esters is 1. The second-order valence-electron chi connectivity index (χ2n) is 6.09. The summed E-state index contributed by atoms with van der Waals surface area (Å²) in [7, 11) is 0. The van der Waals surface area contributed by atoms with E-state index in [9.17, 15) is 18.0 Å². The van der Waals surface area contributed by atoms with Crippen molar-refractivity contribution in [1.29, 1.82) is 0 Å². The molecule has 0 heterocycles. The molecule has 0 amide bonds. The minimum absolute atomic E-state index is 0.116. The third-order valence-corrected chi connectivity index (χ3v) is 4.15. The van der Waals surface area contributed by atoms with Crippen LogP contribution in [0.5, 0.6) is 5.75 Å². The third-order valence-electron chi connectivity index (χ3n) is 4.15. The van der Waals surface area contributed by atoms with Gasteiger partial charge < -0.3 is 4.74 Å². The van der Waals surface area contributed by atoms with Gasteiger partial charge in [-0.2, -0.15) is 0 Å². The minimum atomic E-state index is -1.01. The van der Waals surface area contributed by atoms with E-state index in [1.54, 1.807) is 6.07 Å². The lowest BCUT2D eigenvalue weighted by molar-refractivity contribution is 0.0728. The number of ether oxygens (including phenoxy) is 1. The van der Waals surface area contributed by atoms with E-state index in [0.717, 1.165) is 24.1 Å². The number of hydrogen-bond donors (Lipinski definition) is 0. The zero-order chi connectivity index (χ0) is 19.4. The molecular formula is C22H17F3O2. The number of aryl methyl sites for hydroxylation is 1. The molecule has 0 aliphatic rings. The van der Waals surface area contributed by atoms with Crippen molar-refractivity contribution in [2.75, 3.05) is 0 Å². The largest absolute Gasteiger partial charge is 0.420 e. The highest BCUT2D eigenvalue weighted by molar-refractivity contribution is 5.96. The first-order chi connectivity index (χ1) is 13.0. The van der Waals surface area contributed by atoms with Crippen molar-refractivity contribution < 1.29 is 22.7 Å². The Hall–Kier alpha value is -3.08. The molecule has 0 atom stereocenters. The Kier molecular flexibility index (Phi) is 5.60. The molecule has 0 spiro atoms. The van der Waals surface area contributed by atoms with Crippen molar-refractivity contribution in [3.63, 3.8) is 0 Å². The number of carbonyl (C=O) groups is 1. The molecule has 3 aromatic carbocycles. The fourth-order valence-electron chi connectivity index (χ4n) is 2.73. The van der Waals surface area contributed by atoms with Crippen LogP contribution in [0.2, 0.25) is 0 Å². The van der Waals surface area contributed by atoms with Crippen LogP contribution in [-0.2, 0) is 6.42 Å². The van der Waals surface area contributed by atoms with Crippen LogP contribution in [0.3, 0.4) is 0 Å². The highest BCUT2D eigenvalue weighted by atomic mass is 19.2. The quantitative estimate of drug-likeness (QED) is 0.313. The number of carbonyl (C=O) groups excluding carboxylic acids is 1. The second-order valence-corrected chi connectivity index (χ2v) is 6.09. The highest BCUT2D eigenvalue weighted by Gasteiger charge is 2.14. The first kappa shape index (κ1) is 18.7. The number of fused-ring (bicyclic) bond motifs is 1. The smallest absolute Gasteiger partial charge is 0.343 e. The zero-order valence-corrected chi connectivity index (χ0v) is 14.6. The van der Waals surface area contributed by atoms with E-state index >= 15 is 0 Å². The van der Waals surface area contributed by atoms with Crippen LogP contribution in [-0.4, -0.2) is 5.97 Å². The molecule has 0 aliphatic carbocycles. The molecule has 3 aromatic rings. The molecule has 0 radical (unpaired) electrons. The normalized spacial score (nSPS) is 11.3. The predicted octanol–water partition coefficient (Wildman–Crippen LogP) is 5.99. The Morgan fingerprint density at radius 1 is 0.926 bits per heavy atom. The molecule has 0 fully saturated rings. The summed E-state index contributed by atoms with van der Waals surface area (Å²) in [6.45, 7) is 1.92. The lowest BCUT2D eigenvalue weighted by atomic mass is 10.1. The summed E-state index contributed by atoms with van der Waals surface area (Å²) < 4.78 is 46.0. The first-order valence-corrected chi connectivity index (χ1v) is 8.48. The zero-order valence-electron chi connectivity index (χ0n) is 14.6. The maximum atomic E-state index is 14.2. The molecule has 0 aromatic heterocycles. The van der Waals surface area contributed by atoms with E-state index in [1.807, 2.05) is 19.1 Å². The summed E-state index contributed by atoms with van der Waals surface area (Å²) in [5, 5.41) is 0.797. The van der Waals surface area contributed by atoms with E-state index in [1.165, 1.54) is 30.3 Å². The molecule has 0 saturated carbocycles. The Balaban J connectivity index is 1.78. The Morgan fingerprint density at radius 3 is 2.37 bits per heavy atom. The van der Waals surface area contributed by atoms with E-state index in [0.29, 0.717) is 17.2 Å². The topological polar surface area (TPSA) is 26.3 Å². The lowest BCUT2D eigenvalue weighted by Gasteiger charge is -2.08. The van der Waals surface area contributed by atoms with Gasteiger partial charge in [0.05, 0.1) is 5.56 Å². The molecule has 0 N–H and O–H groups in total. The molecule has 2 nitrogen and oxygen atoms in total. The van der Waals surface area contributed by atoms with Gasteiger partial charge in [0.2, 0.25) is 0 Å². The Morgan fingerprint density at radius 2 is 1.67 bits per heavy atom. The standard InChI is InChI=1S/C22H17F3O2/c1-2-3-4-5-14-6-9-21(20(25)10-14)27-22(26)16-8-7-15-12-18(23)19(24)13-17(15)11-16/h2-3,6-13H,4-5H2,1H3/b3-2+. The number of allylic oxidation sites excluding steroid dienone is 2. The second kappa shape index (κ2) is 8.08. The molecule has 5 heteroatoms. The minimum Gasteiger partial charge on any atom is -0.420 e. The van der Waals surface area contributed by atoms with Crippen LogP contribution in [0, 0.1) is 17.5 Å². The van der Waals surface area contributed by atoms with Crippen molar-refractivity contribution in [3.05, 3.63) is 89.3 Å². The molecule has 138 valence electrons. The summed E-state index contributed by atoms with van der Waals surface area (Å²) in [5.41, 5.74) is 0.915. The average molecular weight is 370 g/mol. The monoisotopic (exact) mass is 370 g/mol. The van der Waals surface area contributed by atoms with E-state index in [2.05, 4.69) is 0 Å². The molecule has 0 unspecified atom stereocenters. The van der Waals surface area contributed by atoms with Gasteiger partial charge >= 0.3 is 5.97 Å². The number of benzene rings is 3. The van der Waals surface area contributed by atoms with Gasteiger partial charge in [-0.15, -0.1) is 0 Å². The fraction of sp³-hybridized carbons (Fsp3) is 0.136. The van der Waals surface area contributed by atoms with Crippen LogP contribution in [0.15, 0.2) is 60.7 Å². The maximum absolute atomic E-state index is 14.2. The van der Waals surface area contributed by atoms with Crippen LogP contribution < -0.4 is 4.74 Å². The van der Waals surface area contributed by atoms with Gasteiger partial charge in [0.1, 0.15) is 0 Å². The predicted molar refractivity (Wildman–Crippen MR) is 98.4 cm³/mol. The molecule has 27 heavy (non-hydrogen) atoms. The maximum Gasteiger partial charge on any atom is 0.343 e. The third kappa shape index (κ3) is 4.37. The summed E-state index contributed by atoms with van der Waals surface area (Å²) in [4.78, 5) is 12.3. The number of hydrogen-bond acceptors (Lipinski definition) is 2. The van der Waals surface area contributed by atoms with Crippen molar-refractivity contribution in [2.45, 2.75) is 19.8 Å². The van der Waals surface area contributed by atoms with Crippen LogP contribution in [0.4, 0.5) is 13.2 Å². The molecule has 0 bridgehead atoms. The van der Waals surface area contributed by atoms with Crippen molar-refractivity contribution >= 4 is 16.7 Å². The summed E-state index contributed by atoms with van der Waals surface area (Å²) >= 11 is 0. The van der Waals surface area contributed by atoms with Gasteiger partial charge in [-0.1, -0.05) is 24.3 Å². The van der Waals surface area contributed by atoms with Gasteiger partial charge in [0.15, 0.2) is 23.2 Å². The molecule has 0 saturated heterocycles. The van der Waals surface area contributed by atoms with Gasteiger partial charge in [0, 0.05) is 0 Å². The van der Waals surface area contributed by atoms with E-state index in [4.69, 9.17) is 4.74 Å². The Labute approximate surface area is 154 Å². The summed E-state index contributed by atoms with van der Waals surface area (Å²) in [6.07, 6.45) is 5.39. The summed E-state index contributed by atoms with van der Waals surface area (Å²) in [5.74, 6) is -3.56. The molecular weight excluding hydrogens is 353 g/mol. The number of rotatable bonds is 5. The molecule has 3 rings (SSSR count). The SMILES string of the molecule is C/C=C/CCc1ccc(OC(=O)c2ccc3cc(F)c(F)cc3c2)c(F)c1. The van der Waals surface area contributed by atoms with Crippen LogP contribution in [0.25, 0.3) is 10.8 Å². The highest BCUT2D eigenvalue weighted by Crippen LogP contribution is 2.23. The van der Waals surface area contributed by atoms with E-state index < -0.39 is 23.4 Å². The van der Waals surface area contributed by atoms with Gasteiger partial charge in [-0.25, -0.2) is 18.0 Å². The molecule has 0 aliphatic heterocycles. The van der Waals surface area contributed by atoms with Crippen molar-refractivity contribution in [3.8, 4) is 5.75 Å². The number of halogens is 3. The summed E-state index contributed by atoms with van der Waals surface area (Å²) in [6, 6.07) is 10.8. The van der Waals surface area contributed by atoms with E-state index in [-0.39, 0.29) is 11.3 Å². The Bertz CT molecular complexity index is 1030. The van der Waals surface area contributed by atoms with Gasteiger partial charge in [-0.05, 0) is 72.5 Å². The van der Waals surface area contributed by atoms with Crippen molar-refractivity contribution in [1.82, 2.24) is 0 Å².